The van der Waals surface area contributed by atoms with Crippen LogP contribution in [0.2, 0.25) is 0 Å². The molecule has 0 unspecified atom stereocenters. The fourth-order valence-electron chi connectivity index (χ4n) is 4.46. The van der Waals surface area contributed by atoms with E-state index in [1.54, 1.807) is 0 Å². The number of halogens is 2. The second-order valence-electron chi connectivity index (χ2n) is 8.26. The van der Waals surface area contributed by atoms with Crippen LogP contribution in [0.5, 0.6) is 0 Å². The first-order valence-electron chi connectivity index (χ1n) is 10.2. The van der Waals surface area contributed by atoms with Crippen LogP contribution in [0.25, 0.3) is 5.69 Å². The summed E-state index contributed by atoms with van der Waals surface area (Å²) in [5.41, 5.74) is -2.42. The Hall–Kier alpha value is -3.86. The summed E-state index contributed by atoms with van der Waals surface area (Å²) in [6, 6.07) is 5.91. The van der Waals surface area contributed by atoms with Crippen molar-refractivity contribution in [3.63, 3.8) is 0 Å². The van der Waals surface area contributed by atoms with Crippen LogP contribution in [-0.2, 0) is 15.1 Å². The Morgan fingerprint density at radius 1 is 1.21 bits per heavy atom. The predicted octanol–water partition coefficient (Wildman–Crippen LogP) is 2.09. The summed E-state index contributed by atoms with van der Waals surface area (Å²) >= 11 is 0. The number of rotatable bonds is 3. The first kappa shape index (κ1) is 21.0. The lowest BCUT2D eigenvalue weighted by atomic mass is 9.74. The van der Waals surface area contributed by atoms with Gasteiger partial charge in [0, 0.05) is 25.0 Å². The second-order valence-corrected chi connectivity index (χ2v) is 8.26. The van der Waals surface area contributed by atoms with Crippen molar-refractivity contribution in [1.29, 1.82) is 0 Å². The van der Waals surface area contributed by atoms with E-state index in [9.17, 15) is 28.7 Å². The monoisotopic (exact) mass is 456 g/mol. The van der Waals surface area contributed by atoms with Crippen molar-refractivity contribution in [2.45, 2.75) is 36.9 Å². The lowest BCUT2D eigenvalue weighted by Gasteiger charge is -2.38. The molecule has 1 aromatic carbocycles. The number of imidazole rings is 1. The minimum Gasteiger partial charge on any atom is -0.618 e. The normalized spacial score (nSPS) is 23.9. The summed E-state index contributed by atoms with van der Waals surface area (Å²) in [6.45, 7) is 0. The Balaban J connectivity index is 1.31. The fraction of sp³-hybridized carbons (Fsp3) is 0.273. The van der Waals surface area contributed by atoms with Gasteiger partial charge in [-0.2, -0.15) is 4.73 Å². The quantitative estimate of drug-likeness (QED) is 0.354. The van der Waals surface area contributed by atoms with Gasteiger partial charge in [0.15, 0.2) is 17.6 Å². The van der Waals surface area contributed by atoms with Gasteiger partial charge in [-0.1, -0.05) is 0 Å². The number of esters is 1. The van der Waals surface area contributed by atoms with E-state index in [2.05, 4.69) is 10.3 Å². The van der Waals surface area contributed by atoms with E-state index in [0.717, 1.165) is 18.2 Å². The van der Waals surface area contributed by atoms with Crippen molar-refractivity contribution >= 4 is 17.7 Å². The summed E-state index contributed by atoms with van der Waals surface area (Å²) in [5, 5.41) is 25.8. The van der Waals surface area contributed by atoms with Crippen molar-refractivity contribution in [3.05, 3.63) is 77.2 Å². The number of anilines is 1. The van der Waals surface area contributed by atoms with Crippen LogP contribution in [0.15, 0.2) is 49.1 Å². The van der Waals surface area contributed by atoms with Gasteiger partial charge < -0.3 is 24.9 Å². The van der Waals surface area contributed by atoms with E-state index < -0.39 is 34.7 Å². The van der Waals surface area contributed by atoms with Gasteiger partial charge in [0.2, 0.25) is 0 Å². The van der Waals surface area contributed by atoms with Crippen molar-refractivity contribution < 1.29 is 32.9 Å². The lowest BCUT2D eigenvalue weighted by Crippen LogP contribution is -2.51. The van der Waals surface area contributed by atoms with Crippen molar-refractivity contribution in [2.24, 2.45) is 0 Å². The molecule has 1 fully saturated rings. The Labute approximate surface area is 185 Å². The average Bonchev–Trinajstić information content (AvgIpc) is 3.34. The number of carbonyl (C=O) groups is 2. The van der Waals surface area contributed by atoms with Gasteiger partial charge in [-0.05, 0) is 31.0 Å². The number of hydrogen-bond acceptors (Lipinski definition) is 6. The standard InChI is InChI=1S/C22H18F2N4O5/c23-13-8-14(24)10-15(9-13)27-11-17(25-12-27)26-20(30)21(31)3-5-22(6-4-21)18-16(19(29)33-22)2-1-7-28(18)32/h1-2,7-12,31H,3-6H2,(H,26,30)/t21-,22+. The largest absolute Gasteiger partial charge is 0.618 e. The highest BCUT2D eigenvalue weighted by Gasteiger charge is 2.57. The molecule has 11 heteroatoms. The molecule has 3 heterocycles. The summed E-state index contributed by atoms with van der Waals surface area (Å²) < 4.78 is 34.4. The van der Waals surface area contributed by atoms with E-state index >= 15 is 0 Å². The smallest absolute Gasteiger partial charge is 0.345 e. The zero-order valence-corrected chi connectivity index (χ0v) is 17.1. The summed E-state index contributed by atoms with van der Waals surface area (Å²) in [4.78, 5) is 29.0. The van der Waals surface area contributed by atoms with Gasteiger partial charge in [0.25, 0.3) is 11.6 Å². The molecule has 2 aromatic heterocycles. The highest BCUT2D eigenvalue weighted by atomic mass is 19.1. The van der Waals surface area contributed by atoms with Gasteiger partial charge in [0.1, 0.15) is 29.1 Å². The first-order valence-corrected chi connectivity index (χ1v) is 10.2. The van der Waals surface area contributed by atoms with Gasteiger partial charge in [-0.25, -0.2) is 18.6 Å². The molecule has 1 aliphatic carbocycles. The number of fused-ring (bicyclic) bond motifs is 2. The first-order chi connectivity index (χ1) is 15.7. The number of carbonyl (C=O) groups excluding carboxylic acids is 2. The summed E-state index contributed by atoms with van der Waals surface area (Å²) in [7, 11) is 0. The third-order valence-corrected chi connectivity index (χ3v) is 6.18. The zero-order valence-electron chi connectivity index (χ0n) is 17.1. The molecular weight excluding hydrogens is 438 g/mol. The minimum absolute atomic E-state index is 0.0593. The SMILES string of the molecule is O=C1O[C@]2(CC[C@](O)(C(=O)Nc3cn(-c4cc(F)cc(F)c4)cn3)CC2)c2c1ccc[n+]2[O-]. The molecule has 0 atom stereocenters. The molecule has 33 heavy (non-hydrogen) atoms. The highest BCUT2D eigenvalue weighted by molar-refractivity contribution is 5.97. The van der Waals surface area contributed by atoms with Crippen molar-refractivity contribution in [1.82, 2.24) is 9.55 Å². The Bertz CT molecular complexity index is 1260. The maximum absolute atomic E-state index is 13.5. The number of hydrogen-bond donors (Lipinski definition) is 2. The molecule has 1 amide bonds. The number of nitrogens with zero attached hydrogens (tertiary/aromatic N) is 3. The molecule has 9 nitrogen and oxygen atoms in total. The van der Waals surface area contributed by atoms with Gasteiger partial charge >= 0.3 is 5.97 Å². The van der Waals surface area contributed by atoms with E-state index in [1.165, 1.54) is 35.4 Å². The van der Waals surface area contributed by atoms with Crippen LogP contribution < -0.4 is 10.0 Å². The van der Waals surface area contributed by atoms with E-state index in [-0.39, 0.29) is 48.4 Å². The molecule has 1 spiro atoms. The second kappa shape index (κ2) is 7.34. The van der Waals surface area contributed by atoms with Crippen LogP contribution in [0.4, 0.5) is 14.6 Å². The van der Waals surface area contributed by atoms with E-state index in [1.807, 2.05) is 0 Å². The number of pyridine rings is 1. The molecule has 0 radical (unpaired) electrons. The molecule has 170 valence electrons. The maximum Gasteiger partial charge on any atom is 0.345 e. The third kappa shape index (κ3) is 3.50. The number of benzene rings is 1. The zero-order chi connectivity index (χ0) is 23.4. The fourth-order valence-corrected chi connectivity index (χ4v) is 4.46. The van der Waals surface area contributed by atoms with Crippen molar-refractivity contribution in [2.75, 3.05) is 5.32 Å². The third-order valence-electron chi connectivity index (χ3n) is 6.18. The minimum atomic E-state index is -1.78. The Morgan fingerprint density at radius 2 is 1.91 bits per heavy atom. The molecule has 1 aliphatic heterocycles. The lowest BCUT2D eigenvalue weighted by molar-refractivity contribution is -0.621. The maximum atomic E-state index is 13.5. The van der Waals surface area contributed by atoms with Gasteiger partial charge in [-0.15, -0.1) is 0 Å². The van der Waals surface area contributed by atoms with Gasteiger partial charge in [-0.3, -0.25) is 4.79 Å². The van der Waals surface area contributed by atoms with Crippen LogP contribution in [0.3, 0.4) is 0 Å². The van der Waals surface area contributed by atoms with E-state index in [0.29, 0.717) is 4.73 Å². The topological polar surface area (TPSA) is 120 Å². The number of aromatic nitrogens is 3. The highest BCUT2D eigenvalue weighted by Crippen LogP contribution is 2.48. The summed E-state index contributed by atoms with van der Waals surface area (Å²) in [5.74, 6) is -2.77. The van der Waals surface area contributed by atoms with Gasteiger partial charge in [0.05, 0.1) is 11.9 Å². The van der Waals surface area contributed by atoms with Crippen molar-refractivity contribution in [3.8, 4) is 5.69 Å². The number of ether oxygens (including phenoxy) is 1. The average molecular weight is 456 g/mol. The molecule has 3 aromatic rings. The van der Waals surface area contributed by atoms with Crippen LogP contribution >= 0.6 is 0 Å². The summed E-state index contributed by atoms with van der Waals surface area (Å²) in [6.07, 6.45) is 3.95. The van der Waals surface area contributed by atoms with Crippen LogP contribution in [0.1, 0.15) is 41.7 Å². The molecule has 0 saturated heterocycles. The number of amides is 1. The Morgan fingerprint density at radius 3 is 2.61 bits per heavy atom. The van der Waals surface area contributed by atoms with E-state index in [4.69, 9.17) is 4.74 Å². The predicted molar refractivity (Wildman–Crippen MR) is 108 cm³/mol. The Kier molecular flexibility index (Phi) is 4.67. The number of aliphatic hydroxyl groups is 1. The molecular formula is C22H18F2N4O5. The number of nitrogens with one attached hydrogen (secondary N) is 1. The molecule has 5 rings (SSSR count). The van der Waals surface area contributed by atoms with Crippen LogP contribution in [0, 0.1) is 16.8 Å². The molecule has 0 bridgehead atoms. The molecule has 2 aliphatic rings. The molecule has 1 saturated carbocycles. The molecule has 2 N–H and O–H groups in total. The van der Waals surface area contributed by atoms with Crippen LogP contribution in [-0.4, -0.2) is 32.1 Å².